The smallest absolute Gasteiger partial charge is 0.212 e. The predicted octanol–water partition coefficient (Wildman–Crippen LogP) is 1.42. The van der Waals surface area contributed by atoms with Crippen molar-refractivity contribution in [3.05, 3.63) is 12.7 Å². The molecule has 0 aliphatic rings. The second kappa shape index (κ2) is 10.1. The largest absolute Gasteiger partial charge is 0.329 e. The van der Waals surface area contributed by atoms with Gasteiger partial charge in [-0.1, -0.05) is 25.8 Å². The molecule has 4 nitrogen and oxygen atoms in total. The summed E-state index contributed by atoms with van der Waals surface area (Å²) in [6.07, 6.45) is 4.92. The van der Waals surface area contributed by atoms with Gasteiger partial charge in [-0.15, -0.1) is 19.0 Å². The average molecular weight is 271 g/mol. The molecular weight excluding hydrogens is 248 g/mol. The van der Waals surface area contributed by atoms with Crippen molar-refractivity contribution in [2.45, 2.75) is 38.6 Å². The Balaban J connectivity index is 0. The highest BCUT2D eigenvalue weighted by molar-refractivity contribution is 7.89. The first-order valence-electron chi connectivity index (χ1n) is 5.36. The minimum atomic E-state index is -3.19. The van der Waals surface area contributed by atoms with Crippen LogP contribution in [0, 0.1) is 0 Å². The highest BCUT2D eigenvalue weighted by atomic mass is 35.5. The molecule has 0 aliphatic heterocycles. The van der Waals surface area contributed by atoms with Gasteiger partial charge in [-0.05, 0) is 12.8 Å². The van der Waals surface area contributed by atoms with E-state index < -0.39 is 10.0 Å². The number of sulfonamides is 1. The van der Waals surface area contributed by atoms with Gasteiger partial charge in [0.1, 0.15) is 0 Å². The minimum Gasteiger partial charge on any atom is -0.329 e. The zero-order valence-corrected chi connectivity index (χ0v) is 11.4. The average Bonchev–Trinajstić information content (AvgIpc) is 2.21. The molecule has 0 aromatic rings. The number of nitrogens with two attached hydrogens (primary N) is 1. The first-order valence-corrected chi connectivity index (χ1v) is 7.02. The lowest BCUT2D eigenvalue weighted by molar-refractivity contribution is 0.516. The van der Waals surface area contributed by atoms with E-state index in [9.17, 15) is 8.42 Å². The van der Waals surface area contributed by atoms with Gasteiger partial charge in [-0.3, -0.25) is 0 Å². The fourth-order valence-corrected chi connectivity index (χ4v) is 2.54. The number of nitrogens with one attached hydrogen (secondary N) is 1. The van der Waals surface area contributed by atoms with Crippen molar-refractivity contribution in [3.63, 3.8) is 0 Å². The Morgan fingerprint density at radius 1 is 1.50 bits per heavy atom. The van der Waals surface area contributed by atoms with Gasteiger partial charge in [0.15, 0.2) is 0 Å². The molecule has 0 heterocycles. The van der Waals surface area contributed by atoms with Crippen LogP contribution >= 0.6 is 12.4 Å². The lowest BCUT2D eigenvalue weighted by Crippen LogP contribution is -2.41. The van der Waals surface area contributed by atoms with Crippen molar-refractivity contribution in [2.24, 2.45) is 5.73 Å². The Labute approximate surface area is 105 Å². The highest BCUT2D eigenvalue weighted by Crippen LogP contribution is 2.02. The number of hydrogen-bond donors (Lipinski definition) is 2. The van der Waals surface area contributed by atoms with Crippen molar-refractivity contribution >= 4 is 22.4 Å². The molecule has 0 fully saturated rings. The van der Waals surface area contributed by atoms with E-state index in [-0.39, 0.29) is 24.2 Å². The van der Waals surface area contributed by atoms with Crippen LogP contribution in [0.25, 0.3) is 0 Å². The predicted molar refractivity (Wildman–Crippen MR) is 71.4 cm³/mol. The van der Waals surface area contributed by atoms with E-state index in [4.69, 9.17) is 5.73 Å². The lowest BCUT2D eigenvalue weighted by atomic mass is 10.1. The molecule has 0 aromatic heterocycles. The van der Waals surface area contributed by atoms with Crippen LogP contribution in [0.3, 0.4) is 0 Å². The number of halogens is 1. The summed E-state index contributed by atoms with van der Waals surface area (Å²) in [5.74, 6) is 0.0964. The maximum Gasteiger partial charge on any atom is 0.212 e. The summed E-state index contributed by atoms with van der Waals surface area (Å²) in [7, 11) is -3.19. The van der Waals surface area contributed by atoms with Crippen molar-refractivity contribution in [1.82, 2.24) is 4.72 Å². The molecule has 0 radical (unpaired) electrons. The SMILES string of the molecule is C=CCCS(=O)(=O)NC(CN)CCCC.Cl. The van der Waals surface area contributed by atoms with Gasteiger partial charge in [0.25, 0.3) is 0 Å². The number of hydrogen-bond acceptors (Lipinski definition) is 3. The summed E-state index contributed by atoms with van der Waals surface area (Å²) in [5.41, 5.74) is 5.50. The molecule has 0 saturated carbocycles. The molecule has 98 valence electrons. The summed E-state index contributed by atoms with van der Waals surface area (Å²) < 4.78 is 25.6. The third kappa shape index (κ3) is 9.15. The molecule has 6 heteroatoms. The minimum absolute atomic E-state index is 0. The number of unbranched alkanes of at least 4 members (excludes halogenated alkanes) is 1. The molecule has 0 amide bonds. The van der Waals surface area contributed by atoms with Crippen LogP contribution in [-0.4, -0.2) is 26.8 Å². The third-order valence-electron chi connectivity index (χ3n) is 2.13. The normalized spacial score (nSPS) is 12.9. The van der Waals surface area contributed by atoms with E-state index >= 15 is 0 Å². The van der Waals surface area contributed by atoms with E-state index in [2.05, 4.69) is 18.2 Å². The van der Waals surface area contributed by atoms with Crippen LogP contribution < -0.4 is 10.5 Å². The maximum absolute atomic E-state index is 11.5. The molecule has 0 aromatic carbocycles. The molecule has 16 heavy (non-hydrogen) atoms. The summed E-state index contributed by atoms with van der Waals surface area (Å²) in [4.78, 5) is 0. The summed E-state index contributed by atoms with van der Waals surface area (Å²) >= 11 is 0. The van der Waals surface area contributed by atoms with Crippen molar-refractivity contribution in [3.8, 4) is 0 Å². The zero-order valence-electron chi connectivity index (χ0n) is 9.81. The van der Waals surface area contributed by atoms with Gasteiger partial charge in [-0.25, -0.2) is 13.1 Å². The van der Waals surface area contributed by atoms with Crippen LogP contribution in [0.4, 0.5) is 0 Å². The van der Waals surface area contributed by atoms with Crippen LogP contribution in [-0.2, 0) is 10.0 Å². The van der Waals surface area contributed by atoms with Gasteiger partial charge in [0, 0.05) is 12.6 Å². The van der Waals surface area contributed by atoms with Gasteiger partial charge >= 0.3 is 0 Å². The fourth-order valence-electron chi connectivity index (χ4n) is 1.23. The monoisotopic (exact) mass is 270 g/mol. The van der Waals surface area contributed by atoms with Crippen molar-refractivity contribution in [2.75, 3.05) is 12.3 Å². The molecule has 0 spiro atoms. The second-order valence-corrected chi connectivity index (χ2v) is 5.46. The number of allylic oxidation sites excluding steroid dienone is 1. The Hall–Kier alpha value is -0.100. The topological polar surface area (TPSA) is 72.2 Å². The standard InChI is InChI=1S/C10H22N2O2S.ClH/c1-3-5-7-10(9-11)12-15(13,14)8-6-4-2;/h4,10,12H,2-3,5-9,11H2,1H3;1H. The van der Waals surface area contributed by atoms with Gasteiger partial charge in [0.05, 0.1) is 5.75 Å². The number of rotatable bonds is 9. The van der Waals surface area contributed by atoms with E-state index in [0.29, 0.717) is 13.0 Å². The summed E-state index contributed by atoms with van der Waals surface area (Å²) in [6, 6.07) is -0.125. The van der Waals surface area contributed by atoms with E-state index in [1.54, 1.807) is 6.08 Å². The third-order valence-corrected chi connectivity index (χ3v) is 3.59. The van der Waals surface area contributed by atoms with E-state index in [0.717, 1.165) is 19.3 Å². The Kier molecular flexibility index (Phi) is 11.5. The molecule has 0 rings (SSSR count). The van der Waals surface area contributed by atoms with Gasteiger partial charge in [0.2, 0.25) is 10.0 Å². The maximum atomic E-state index is 11.5. The van der Waals surface area contributed by atoms with E-state index in [1.165, 1.54) is 0 Å². The Morgan fingerprint density at radius 3 is 2.56 bits per heavy atom. The Bertz CT molecular complexity index is 268. The summed E-state index contributed by atoms with van der Waals surface area (Å²) in [5, 5.41) is 0. The fraction of sp³-hybridized carbons (Fsp3) is 0.800. The summed E-state index contributed by atoms with van der Waals surface area (Å²) in [6.45, 7) is 5.92. The van der Waals surface area contributed by atoms with Crippen LogP contribution in [0.5, 0.6) is 0 Å². The molecule has 0 saturated heterocycles. The van der Waals surface area contributed by atoms with Crippen LogP contribution in [0.15, 0.2) is 12.7 Å². The van der Waals surface area contributed by atoms with Gasteiger partial charge < -0.3 is 5.73 Å². The lowest BCUT2D eigenvalue weighted by Gasteiger charge is -2.16. The quantitative estimate of drug-likeness (QED) is 0.623. The molecule has 0 bridgehead atoms. The first-order chi connectivity index (χ1) is 7.05. The molecular formula is C10H23ClN2O2S. The van der Waals surface area contributed by atoms with Crippen molar-refractivity contribution in [1.29, 1.82) is 0 Å². The van der Waals surface area contributed by atoms with Crippen molar-refractivity contribution < 1.29 is 8.42 Å². The van der Waals surface area contributed by atoms with Crippen LogP contribution in [0.1, 0.15) is 32.6 Å². The van der Waals surface area contributed by atoms with Gasteiger partial charge in [-0.2, -0.15) is 0 Å². The molecule has 0 aliphatic carbocycles. The van der Waals surface area contributed by atoms with Crippen LogP contribution in [0.2, 0.25) is 0 Å². The Morgan fingerprint density at radius 2 is 2.12 bits per heavy atom. The highest BCUT2D eigenvalue weighted by Gasteiger charge is 2.15. The molecule has 1 unspecified atom stereocenters. The second-order valence-electron chi connectivity index (χ2n) is 3.59. The zero-order chi connectivity index (χ0) is 11.7. The molecule has 1 atom stereocenters. The molecule has 3 N–H and O–H groups in total. The first kappa shape index (κ1) is 18.3. The van der Waals surface area contributed by atoms with E-state index in [1.807, 2.05) is 0 Å².